The highest BCUT2D eigenvalue weighted by molar-refractivity contribution is 5.66. The van der Waals surface area contributed by atoms with E-state index in [9.17, 15) is 4.79 Å². The summed E-state index contributed by atoms with van der Waals surface area (Å²) in [6.45, 7) is 2.27. The van der Waals surface area contributed by atoms with Crippen LogP contribution in [0.1, 0.15) is 122 Å². The molecule has 0 aromatic carbocycles. The summed E-state index contributed by atoms with van der Waals surface area (Å²) in [4.78, 5) is 10.4. The van der Waals surface area contributed by atoms with Crippen LogP contribution in [0.25, 0.3) is 0 Å². The third kappa shape index (κ3) is 22.9. The molecular weight excluding hydrogens is 320 g/mol. The molecule has 2 heteroatoms. The number of carboxylic acids is 1. The molecule has 0 aliphatic heterocycles. The molecule has 0 fully saturated rings. The third-order valence-corrected chi connectivity index (χ3v) is 4.81. The molecule has 0 spiro atoms. The molecule has 0 rings (SSSR count). The summed E-state index contributed by atoms with van der Waals surface area (Å²) in [6, 6.07) is 0. The predicted octanol–water partition coefficient (Wildman–Crippen LogP) is 8.23. The van der Waals surface area contributed by atoms with E-state index in [0.29, 0.717) is 6.42 Å². The van der Waals surface area contributed by atoms with Crippen LogP contribution in [0, 0.1) is 0 Å². The SMILES string of the molecule is CCCCCCCC/C=C\CCCC/C=C\CCCCCCCC(=O)O. The van der Waals surface area contributed by atoms with Gasteiger partial charge in [-0.15, -0.1) is 0 Å². The van der Waals surface area contributed by atoms with Crippen LogP contribution in [0.2, 0.25) is 0 Å². The lowest BCUT2D eigenvalue weighted by molar-refractivity contribution is -0.137. The molecular formula is C24H44O2. The maximum absolute atomic E-state index is 10.4. The van der Waals surface area contributed by atoms with E-state index in [1.54, 1.807) is 0 Å². The van der Waals surface area contributed by atoms with Crippen molar-refractivity contribution >= 4 is 5.97 Å². The highest BCUT2D eigenvalue weighted by atomic mass is 16.4. The Labute approximate surface area is 163 Å². The minimum Gasteiger partial charge on any atom is -0.481 e. The minimum atomic E-state index is -0.666. The first kappa shape index (κ1) is 24.9. The Balaban J connectivity index is 3.16. The van der Waals surface area contributed by atoms with Gasteiger partial charge in [0, 0.05) is 6.42 Å². The van der Waals surface area contributed by atoms with E-state index < -0.39 is 5.97 Å². The van der Waals surface area contributed by atoms with Gasteiger partial charge in [0.25, 0.3) is 0 Å². The smallest absolute Gasteiger partial charge is 0.303 e. The third-order valence-electron chi connectivity index (χ3n) is 4.81. The standard InChI is InChI=1S/C24H44O2/c1-2-3-4-5-6-7-8-9-10-11-12-13-14-15-16-17-18-19-20-21-22-23-24(25)26/h9-10,15-16H,2-8,11-14,17-23H2,1H3,(H,25,26)/b10-9-,16-15-. The molecule has 0 radical (unpaired) electrons. The van der Waals surface area contributed by atoms with Crippen molar-refractivity contribution in [3.8, 4) is 0 Å². The second-order valence-corrected chi connectivity index (χ2v) is 7.48. The average Bonchev–Trinajstić information content (AvgIpc) is 2.62. The van der Waals surface area contributed by atoms with E-state index >= 15 is 0 Å². The first-order valence-corrected chi connectivity index (χ1v) is 11.3. The van der Waals surface area contributed by atoms with Crippen molar-refractivity contribution in [2.75, 3.05) is 0 Å². The summed E-state index contributed by atoms with van der Waals surface area (Å²) in [7, 11) is 0. The van der Waals surface area contributed by atoms with E-state index in [0.717, 1.165) is 12.8 Å². The number of allylic oxidation sites excluding steroid dienone is 4. The molecule has 1 N–H and O–H groups in total. The van der Waals surface area contributed by atoms with Crippen molar-refractivity contribution in [1.29, 1.82) is 0 Å². The summed E-state index contributed by atoms with van der Waals surface area (Å²) >= 11 is 0. The lowest BCUT2D eigenvalue weighted by Crippen LogP contribution is -1.93. The summed E-state index contributed by atoms with van der Waals surface area (Å²) in [5.41, 5.74) is 0. The summed E-state index contributed by atoms with van der Waals surface area (Å²) in [6.07, 6.45) is 31.1. The van der Waals surface area contributed by atoms with Crippen LogP contribution in [0.15, 0.2) is 24.3 Å². The fourth-order valence-electron chi connectivity index (χ4n) is 3.11. The maximum atomic E-state index is 10.4. The van der Waals surface area contributed by atoms with E-state index in [2.05, 4.69) is 31.2 Å². The zero-order valence-corrected chi connectivity index (χ0v) is 17.4. The zero-order chi connectivity index (χ0) is 19.1. The molecule has 0 heterocycles. The van der Waals surface area contributed by atoms with Gasteiger partial charge in [0.05, 0.1) is 0 Å². The molecule has 0 aromatic rings. The van der Waals surface area contributed by atoms with Crippen molar-refractivity contribution < 1.29 is 9.90 Å². The first-order valence-electron chi connectivity index (χ1n) is 11.3. The fraction of sp³-hybridized carbons (Fsp3) is 0.792. The van der Waals surface area contributed by atoms with Crippen LogP contribution >= 0.6 is 0 Å². The number of unbranched alkanes of at least 4 members (excludes halogenated alkanes) is 14. The molecule has 0 saturated heterocycles. The molecule has 0 amide bonds. The van der Waals surface area contributed by atoms with Crippen molar-refractivity contribution in [2.24, 2.45) is 0 Å². The highest BCUT2D eigenvalue weighted by Crippen LogP contribution is 2.10. The summed E-state index contributed by atoms with van der Waals surface area (Å²) < 4.78 is 0. The number of carbonyl (C=O) groups is 1. The quantitative estimate of drug-likeness (QED) is 0.174. The van der Waals surface area contributed by atoms with Gasteiger partial charge in [0.1, 0.15) is 0 Å². The maximum Gasteiger partial charge on any atom is 0.303 e. The molecule has 0 bridgehead atoms. The number of aliphatic carboxylic acids is 1. The van der Waals surface area contributed by atoms with Crippen LogP contribution in [0.5, 0.6) is 0 Å². The van der Waals surface area contributed by atoms with E-state index in [1.165, 1.54) is 96.3 Å². The summed E-state index contributed by atoms with van der Waals surface area (Å²) in [5, 5.41) is 8.56. The molecule has 0 aliphatic carbocycles. The van der Waals surface area contributed by atoms with Gasteiger partial charge in [-0.25, -0.2) is 0 Å². The predicted molar refractivity (Wildman–Crippen MR) is 115 cm³/mol. The molecule has 0 aromatic heterocycles. The number of carboxylic acid groups (broad SMARTS) is 1. The van der Waals surface area contributed by atoms with Gasteiger partial charge in [0.15, 0.2) is 0 Å². The second-order valence-electron chi connectivity index (χ2n) is 7.48. The van der Waals surface area contributed by atoms with Crippen molar-refractivity contribution in [3.05, 3.63) is 24.3 Å². The Hall–Kier alpha value is -1.05. The Morgan fingerprint density at radius 1 is 0.577 bits per heavy atom. The number of rotatable bonds is 20. The van der Waals surface area contributed by atoms with Gasteiger partial charge in [-0.2, -0.15) is 0 Å². The molecule has 0 saturated carbocycles. The largest absolute Gasteiger partial charge is 0.481 e. The zero-order valence-electron chi connectivity index (χ0n) is 17.4. The molecule has 0 aliphatic rings. The normalized spacial score (nSPS) is 11.7. The molecule has 2 nitrogen and oxygen atoms in total. The first-order chi connectivity index (χ1) is 12.8. The highest BCUT2D eigenvalue weighted by Gasteiger charge is 1.95. The summed E-state index contributed by atoms with van der Waals surface area (Å²) in [5.74, 6) is -0.666. The average molecular weight is 365 g/mol. The van der Waals surface area contributed by atoms with E-state index in [4.69, 9.17) is 5.11 Å². The van der Waals surface area contributed by atoms with Gasteiger partial charge < -0.3 is 5.11 Å². The second kappa shape index (κ2) is 22.0. The Bertz CT molecular complexity index is 344. The van der Waals surface area contributed by atoms with Crippen LogP contribution in [0.3, 0.4) is 0 Å². The van der Waals surface area contributed by atoms with Gasteiger partial charge in [0.2, 0.25) is 0 Å². The number of hydrogen-bond acceptors (Lipinski definition) is 1. The van der Waals surface area contributed by atoms with Crippen LogP contribution in [-0.4, -0.2) is 11.1 Å². The van der Waals surface area contributed by atoms with Crippen molar-refractivity contribution in [1.82, 2.24) is 0 Å². The number of hydrogen-bond donors (Lipinski definition) is 1. The Kier molecular flexibility index (Phi) is 21.1. The molecule has 26 heavy (non-hydrogen) atoms. The lowest BCUT2D eigenvalue weighted by atomic mass is 10.1. The molecule has 152 valence electrons. The topological polar surface area (TPSA) is 37.3 Å². The van der Waals surface area contributed by atoms with Crippen LogP contribution in [-0.2, 0) is 4.79 Å². The van der Waals surface area contributed by atoms with E-state index in [1.807, 2.05) is 0 Å². The molecule has 0 unspecified atom stereocenters. The Morgan fingerprint density at radius 3 is 1.35 bits per heavy atom. The van der Waals surface area contributed by atoms with E-state index in [-0.39, 0.29) is 0 Å². The van der Waals surface area contributed by atoms with Crippen molar-refractivity contribution in [2.45, 2.75) is 122 Å². The van der Waals surface area contributed by atoms with Crippen LogP contribution in [0.4, 0.5) is 0 Å². The lowest BCUT2D eigenvalue weighted by Gasteiger charge is -1.98. The monoisotopic (exact) mass is 364 g/mol. The van der Waals surface area contributed by atoms with Gasteiger partial charge >= 0.3 is 5.97 Å². The van der Waals surface area contributed by atoms with Crippen molar-refractivity contribution in [3.63, 3.8) is 0 Å². The van der Waals surface area contributed by atoms with Gasteiger partial charge in [-0.3, -0.25) is 4.79 Å². The van der Waals surface area contributed by atoms with Crippen LogP contribution < -0.4 is 0 Å². The van der Waals surface area contributed by atoms with Gasteiger partial charge in [-0.05, 0) is 57.8 Å². The molecule has 0 atom stereocenters. The minimum absolute atomic E-state index is 0.328. The Morgan fingerprint density at radius 2 is 0.923 bits per heavy atom. The van der Waals surface area contributed by atoms with Gasteiger partial charge in [-0.1, -0.05) is 82.6 Å². The fourth-order valence-corrected chi connectivity index (χ4v) is 3.11.